The number of nitrogens with zero attached hydrogens (tertiary/aromatic N) is 1. The fourth-order valence-electron chi connectivity index (χ4n) is 2.72. The second-order valence-corrected chi connectivity index (χ2v) is 7.33. The maximum Gasteiger partial charge on any atom is 0.244 e. The second-order valence-electron chi connectivity index (χ2n) is 5.03. The molecular weight excluding hydrogens is 292 g/mol. The molecule has 1 aromatic rings. The van der Waals surface area contributed by atoms with E-state index in [0.29, 0.717) is 12.1 Å². The SMILES string of the molecule is CCC1CCCCN1S(=O)(=O)c1ccccc1C(N)=S. The Hall–Kier alpha value is -0.980. The van der Waals surface area contributed by atoms with Gasteiger partial charge in [0.2, 0.25) is 10.0 Å². The van der Waals surface area contributed by atoms with Crippen LogP contribution in [-0.4, -0.2) is 30.3 Å². The molecule has 4 nitrogen and oxygen atoms in total. The lowest BCUT2D eigenvalue weighted by molar-refractivity contribution is 0.246. The smallest absolute Gasteiger partial charge is 0.244 e. The van der Waals surface area contributed by atoms with Crippen molar-refractivity contribution in [2.45, 2.75) is 43.5 Å². The summed E-state index contributed by atoms with van der Waals surface area (Å²) < 4.78 is 27.4. The third-order valence-electron chi connectivity index (χ3n) is 3.78. The molecule has 0 bridgehead atoms. The van der Waals surface area contributed by atoms with Crippen LogP contribution in [0.2, 0.25) is 0 Å². The number of rotatable bonds is 4. The molecule has 1 unspecified atom stereocenters. The highest BCUT2D eigenvalue weighted by molar-refractivity contribution is 7.89. The van der Waals surface area contributed by atoms with Crippen molar-refractivity contribution in [1.82, 2.24) is 4.31 Å². The number of hydrogen-bond acceptors (Lipinski definition) is 3. The Morgan fingerprint density at radius 2 is 2.10 bits per heavy atom. The number of piperidine rings is 1. The van der Waals surface area contributed by atoms with Crippen molar-refractivity contribution in [2.24, 2.45) is 5.73 Å². The maximum atomic E-state index is 12.9. The molecule has 0 radical (unpaired) electrons. The molecule has 2 N–H and O–H groups in total. The van der Waals surface area contributed by atoms with Gasteiger partial charge in [-0.15, -0.1) is 0 Å². The van der Waals surface area contributed by atoms with Crippen molar-refractivity contribution in [3.05, 3.63) is 29.8 Å². The van der Waals surface area contributed by atoms with Crippen LogP contribution in [0.3, 0.4) is 0 Å². The highest BCUT2D eigenvalue weighted by atomic mass is 32.2. The highest BCUT2D eigenvalue weighted by Gasteiger charge is 2.33. The van der Waals surface area contributed by atoms with Gasteiger partial charge in [-0.2, -0.15) is 4.31 Å². The molecule has 1 aliphatic heterocycles. The highest BCUT2D eigenvalue weighted by Crippen LogP contribution is 2.28. The van der Waals surface area contributed by atoms with Crippen molar-refractivity contribution >= 4 is 27.2 Å². The third-order valence-corrected chi connectivity index (χ3v) is 6.01. The first-order valence-corrected chi connectivity index (χ1v) is 8.74. The van der Waals surface area contributed by atoms with E-state index in [9.17, 15) is 8.42 Å². The molecule has 0 amide bonds. The van der Waals surface area contributed by atoms with E-state index >= 15 is 0 Å². The van der Waals surface area contributed by atoms with Gasteiger partial charge in [0.15, 0.2) is 0 Å². The van der Waals surface area contributed by atoms with Crippen LogP contribution in [0.25, 0.3) is 0 Å². The molecule has 0 spiro atoms. The Morgan fingerprint density at radius 3 is 2.75 bits per heavy atom. The lowest BCUT2D eigenvalue weighted by Gasteiger charge is -2.34. The van der Waals surface area contributed by atoms with Crippen molar-refractivity contribution in [1.29, 1.82) is 0 Å². The fraction of sp³-hybridized carbons (Fsp3) is 0.500. The fourth-order valence-corrected chi connectivity index (χ4v) is 4.94. The van der Waals surface area contributed by atoms with Gasteiger partial charge in [0, 0.05) is 18.2 Å². The molecule has 2 rings (SSSR count). The Balaban J connectivity index is 2.47. The minimum absolute atomic E-state index is 0.0770. The van der Waals surface area contributed by atoms with E-state index in [-0.39, 0.29) is 15.9 Å². The van der Waals surface area contributed by atoms with Crippen LogP contribution in [0.15, 0.2) is 29.2 Å². The molecule has 20 heavy (non-hydrogen) atoms. The molecule has 1 heterocycles. The summed E-state index contributed by atoms with van der Waals surface area (Å²) in [4.78, 5) is 0.349. The van der Waals surface area contributed by atoms with E-state index in [4.69, 9.17) is 18.0 Å². The Morgan fingerprint density at radius 1 is 1.40 bits per heavy atom. The van der Waals surface area contributed by atoms with Crippen LogP contribution in [0.4, 0.5) is 0 Å². The van der Waals surface area contributed by atoms with E-state index in [1.807, 2.05) is 6.92 Å². The lowest BCUT2D eigenvalue weighted by Crippen LogP contribution is -2.43. The van der Waals surface area contributed by atoms with Gasteiger partial charge in [-0.25, -0.2) is 8.42 Å². The van der Waals surface area contributed by atoms with Crippen LogP contribution in [0, 0.1) is 0 Å². The zero-order valence-electron chi connectivity index (χ0n) is 11.6. The Labute approximate surface area is 126 Å². The number of sulfonamides is 1. The minimum atomic E-state index is -3.53. The largest absolute Gasteiger partial charge is 0.389 e. The van der Waals surface area contributed by atoms with Crippen LogP contribution in [-0.2, 0) is 10.0 Å². The number of nitrogens with two attached hydrogens (primary N) is 1. The molecule has 0 aromatic heterocycles. The van der Waals surface area contributed by atoms with Crippen LogP contribution in [0.5, 0.6) is 0 Å². The van der Waals surface area contributed by atoms with Gasteiger partial charge >= 0.3 is 0 Å². The first kappa shape index (κ1) is 15.4. The van der Waals surface area contributed by atoms with E-state index in [2.05, 4.69) is 0 Å². The molecule has 1 fully saturated rings. The predicted octanol–water partition coefficient (Wildman–Crippen LogP) is 2.27. The van der Waals surface area contributed by atoms with E-state index in [1.165, 1.54) is 0 Å². The summed E-state index contributed by atoms with van der Waals surface area (Å²) in [7, 11) is -3.53. The van der Waals surface area contributed by atoms with E-state index in [0.717, 1.165) is 25.7 Å². The zero-order valence-corrected chi connectivity index (χ0v) is 13.2. The van der Waals surface area contributed by atoms with Gasteiger partial charge < -0.3 is 5.73 Å². The van der Waals surface area contributed by atoms with Crippen molar-refractivity contribution in [2.75, 3.05) is 6.54 Å². The Bertz CT molecular complexity index is 599. The predicted molar refractivity (Wildman–Crippen MR) is 84.2 cm³/mol. The maximum absolute atomic E-state index is 12.9. The molecule has 1 saturated heterocycles. The second kappa shape index (κ2) is 6.20. The molecule has 1 atom stereocenters. The average molecular weight is 312 g/mol. The summed E-state index contributed by atoms with van der Waals surface area (Å²) in [5, 5.41) is 0. The first-order chi connectivity index (χ1) is 9.48. The van der Waals surface area contributed by atoms with Crippen LogP contribution < -0.4 is 5.73 Å². The van der Waals surface area contributed by atoms with E-state index < -0.39 is 10.0 Å². The monoisotopic (exact) mass is 312 g/mol. The normalized spacial score (nSPS) is 20.8. The van der Waals surface area contributed by atoms with Crippen LogP contribution >= 0.6 is 12.2 Å². The molecule has 6 heteroatoms. The van der Waals surface area contributed by atoms with Gasteiger partial charge in [0.1, 0.15) is 4.99 Å². The zero-order chi connectivity index (χ0) is 14.8. The Kier molecular flexibility index (Phi) is 4.78. The molecule has 0 saturated carbocycles. The molecular formula is C14H20N2O2S2. The molecule has 1 aromatic carbocycles. The summed E-state index contributed by atoms with van der Waals surface area (Å²) in [5.41, 5.74) is 6.09. The van der Waals surface area contributed by atoms with Gasteiger partial charge in [0.05, 0.1) is 4.90 Å². The topological polar surface area (TPSA) is 63.4 Å². The molecule has 110 valence electrons. The van der Waals surface area contributed by atoms with Crippen molar-refractivity contribution in [3.8, 4) is 0 Å². The first-order valence-electron chi connectivity index (χ1n) is 6.89. The van der Waals surface area contributed by atoms with Crippen molar-refractivity contribution < 1.29 is 8.42 Å². The van der Waals surface area contributed by atoms with E-state index in [1.54, 1.807) is 28.6 Å². The van der Waals surface area contributed by atoms with Gasteiger partial charge in [0.25, 0.3) is 0 Å². The molecule has 1 aliphatic rings. The summed E-state index contributed by atoms with van der Waals surface area (Å²) in [6.45, 7) is 2.60. The summed E-state index contributed by atoms with van der Waals surface area (Å²) in [6, 6.07) is 6.79. The van der Waals surface area contributed by atoms with Gasteiger partial charge in [-0.05, 0) is 25.3 Å². The minimum Gasteiger partial charge on any atom is -0.389 e. The molecule has 0 aliphatic carbocycles. The summed E-state index contributed by atoms with van der Waals surface area (Å²) in [5.74, 6) is 0. The summed E-state index contributed by atoms with van der Waals surface area (Å²) >= 11 is 4.97. The van der Waals surface area contributed by atoms with Gasteiger partial charge in [-0.1, -0.05) is 43.8 Å². The number of hydrogen-bond donors (Lipinski definition) is 1. The van der Waals surface area contributed by atoms with Crippen molar-refractivity contribution in [3.63, 3.8) is 0 Å². The average Bonchev–Trinajstić information content (AvgIpc) is 2.47. The van der Waals surface area contributed by atoms with Gasteiger partial charge in [-0.3, -0.25) is 0 Å². The standard InChI is InChI=1S/C14H20N2O2S2/c1-2-11-7-5-6-10-16(11)20(17,18)13-9-4-3-8-12(13)14(15)19/h3-4,8-9,11H,2,5-7,10H2,1H3,(H2,15,19). The summed E-state index contributed by atoms with van der Waals surface area (Å²) in [6.07, 6.45) is 3.74. The quantitative estimate of drug-likeness (QED) is 0.866. The number of benzene rings is 1. The van der Waals surface area contributed by atoms with Crippen LogP contribution in [0.1, 0.15) is 38.2 Å². The lowest BCUT2D eigenvalue weighted by atomic mass is 10.0. The number of thiocarbonyl (C=S) groups is 1. The third kappa shape index (κ3) is 2.87.